The molecule has 7 heteroatoms. The minimum absolute atomic E-state index is 0.0658. The number of hydrogen-bond donors (Lipinski definition) is 1. The summed E-state index contributed by atoms with van der Waals surface area (Å²) < 4.78 is 30.3. The van der Waals surface area contributed by atoms with Crippen LogP contribution in [0.15, 0.2) is 28.0 Å². The van der Waals surface area contributed by atoms with Crippen LogP contribution in [-0.2, 0) is 14.8 Å². The number of aromatic nitrogens is 1. The van der Waals surface area contributed by atoms with Gasteiger partial charge in [-0.2, -0.15) is 4.31 Å². The lowest BCUT2D eigenvalue weighted by atomic mass is 10.5. The van der Waals surface area contributed by atoms with Crippen LogP contribution in [0.3, 0.4) is 0 Å². The van der Waals surface area contributed by atoms with Crippen LogP contribution in [0, 0.1) is 0 Å². The van der Waals surface area contributed by atoms with Crippen LogP contribution in [0.2, 0.25) is 0 Å². The molecule has 6 nitrogen and oxygen atoms in total. The molecule has 96 valence electrons. The van der Waals surface area contributed by atoms with Gasteiger partial charge in [0, 0.05) is 32.5 Å². The summed E-state index contributed by atoms with van der Waals surface area (Å²) in [6, 6.07) is 2.47. The quantitative estimate of drug-likeness (QED) is 0.732. The zero-order valence-corrected chi connectivity index (χ0v) is 10.7. The molecule has 0 aliphatic carbocycles. The number of aromatic amines is 1. The molecule has 0 atom stereocenters. The van der Waals surface area contributed by atoms with Gasteiger partial charge in [-0.3, -0.25) is 4.79 Å². The van der Waals surface area contributed by atoms with E-state index in [0.29, 0.717) is 13.2 Å². The normalized spacial score (nSPS) is 11.9. The smallest absolute Gasteiger partial charge is 0.247 e. The van der Waals surface area contributed by atoms with Gasteiger partial charge in [-0.15, -0.1) is 0 Å². The van der Waals surface area contributed by atoms with Crippen LogP contribution >= 0.6 is 0 Å². The van der Waals surface area contributed by atoms with Gasteiger partial charge < -0.3 is 9.72 Å². The first-order valence-corrected chi connectivity index (χ1v) is 6.65. The molecule has 0 aliphatic rings. The number of hydrogen-bond acceptors (Lipinski definition) is 4. The van der Waals surface area contributed by atoms with Crippen molar-refractivity contribution >= 4 is 10.0 Å². The van der Waals surface area contributed by atoms with Crippen LogP contribution in [0.4, 0.5) is 0 Å². The van der Waals surface area contributed by atoms with Crippen molar-refractivity contribution in [3.63, 3.8) is 0 Å². The lowest BCUT2D eigenvalue weighted by molar-refractivity contribution is 0.138. The summed E-state index contributed by atoms with van der Waals surface area (Å²) >= 11 is 0. The van der Waals surface area contributed by atoms with Crippen LogP contribution in [-0.4, -0.2) is 44.5 Å². The van der Waals surface area contributed by atoms with E-state index in [0.717, 1.165) is 0 Å². The number of likely N-dealkylation sites (N-methyl/N-ethyl adjacent to an activating group) is 1. The Morgan fingerprint density at radius 3 is 2.65 bits per heavy atom. The maximum absolute atomic E-state index is 12.0. The maximum atomic E-state index is 12.0. The van der Waals surface area contributed by atoms with Crippen molar-refractivity contribution in [1.29, 1.82) is 0 Å². The highest BCUT2D eigenvalue weighted by Crippen LogP contribution is 2.10. The van der Waals surface area contributed by atoms with Gasteiger partial charge in [-0.25, -0.2) is 8.42 Å². The Kier molecular flexibility index (Phi) is 4.86. The number of nitrogens with zero attached hydrogens (tertiary/aromatic N) is 1. The summed E-state index contributed by atoms with van der Waals surface area (Å²) in [6.07, 6.45) is 1.19. The number of sulfonamides is 1. The number of pyridine rings is 1. The Labute approximate surface area is 100 Å². The second-order valence-corrected chi connectivity index (χ2v) is 5.46. The maximum Gasteiger partial charge on any atom is 0.247 e. The van der Waals surface area contributed by atoms with Gasteiger partial charge >= 0.3 is 0 Å². The fourth-order valence-electron chi connectivity index (χ4n) is 1.19. The van der Waals surface area contributed by atoms with Gasteiger partial charge in [0.1, 0.15) is 0 Å². The molecule has 0 saturated carbocycles. The summed E-state index contributed by atoms with van der Waals surface area (Å²) in [5.74, 6) is 0. The lowest BCUT2D eigenvalue weighted by Gasteiger charge is -2.16. The summed E-state index contributed by atoms with van der Waals surface area (Å²) in [7, 11) is -2.08. The summed E-state index contributed by atoms with van der Waals surface area (Å²) in [4.78, 5) is 13.2. The highest BCUT2D eigenvalue weighted by atomic mass is 32.2. The van der Waals surface area contributed by atoms with E-state index in [4.69, 9.17) is 4.74 Å². The number of rotatable bonds is 6. The van der Waals surface area contributed by atoms with E-state index >= 15 is 0 Å². The van der Waals surface area contributed by atoms with Crippen LogP contribution < -0.4 is 5.56 Å². The van der Waals surface area contributed by atoms with Crippen molar-refractivity contribution in [3.8, 4) is 0 Å². The second-order valence-electron chi connectivity index (χ2n) is 3.41. The number of H-pyrrole nitrogens is 1. The van der Waals surface area contributed by atoms with E-state index < -0.39 is 10.0 Å². The molecule has 1 aromatic rings. The molecule has 0 aliphatic heterocycles. The number of ether oxygens (including phenoxy) is 1. The van der Waals surface area contributed by atoms with Crippen molar-refractivity contribution in [2.24, 2.45) is 0 Å². The SMILES string of the molecule is CCOCCN(C)S(=O)(=O)c1ccc(=O)[nH]c1. The Morgan fingerprint density at radius 2 is 2.12 bits per heavy atom. The van der Waals surface area contributed by atoms with Crippen molar-refractivity contribution in [2.75, 3.05) is 26.8 Å². The molecule has 1 N–H and O–H groups in total. The Morgan fingerprint density at radius 1 is 1.41 bits per heavy atom. The Bertz CT molecular complexity index is 489. The van der Waals surface area contributed by atoms with Gasteiger partial charge in [0.25, 0.3) is 0 Å². The first-order valence-electron chi connectivity index (χ1n) is 5.21. The molecule has 17 heavy (non-hydrogen) atoms. The van der Waals surface area contributed by atoms with Gasteiger partial charge in [0.2, 0.25) is 15.6 Å². The second kappa shape index (κ2) is 5.95. The Balaban J connectivity index is 2.80. The van der Waals surface area contributed by atoms with Crippen molar-refractivity contribution < 1.29 is 13.2 Å². The minimum atomic E-state index is -3.55. The van der Waals surface area contributed by atoms with E-state index in [2.05, 4.69) is 4.98 Å². The first-order chi connectivity index (χ1) is 7.98. The van der Waals surface area contributed by atoms with Gasteiger partial charge in [-0.05, 0) is 13.0 Å². The third-order valence-corrected chi connectivity index (χ3v) is 4.07. The molecule has 0 spiro atoms. The molecule has 0 bridgehead atoms. The van der Waals surface area contributed by atoms with Crippen molar-refractivity contribution in [1.82, 2.24) is 9.29 Å². The van der Waals surface area contributed by atoms with Crippen LogP contribution in [0.25, 0.3) is 0 Å². The monoisotopic (exact) mass is 260 g/mol. The van der Waals surface area contributed by atoms with Gasteiger partial charge in [-0.1, -0.05) is 0 Å². The molecule has 0 radical (unpaired) electrons. The van der Waals surface area contributed by atoms with E-state index in [9.17, 15) is 13.2 Å². The van der Waals surface area contributed by atoms with E-state index in [1.54, 1.807) is 0 Å². The molecular weight excluding hydrogens is 244 g/mol. The third-order valence-electron chi connectivity index (χ3n) is 2.22. The summed E-state index contributed by atoms with van der Waals surface area (Å²) in [6.45, 7) is 3.01. The minimum Gasteiger partial charge on any atom is -0.380 e. The average Bonchev–Trinajstić information content (AvgIpc) is 2.29. The van der Waals surface area contributed by atoms with Crippen molar-refractivity contribution in [2.45, 2.75) is 11.8 Å². The highest BCUT2D eigenvalue weighted by Gasteiger charge is 2.20. The molecule has 0 aromatic carbocycles. The van der Waals surface area contributed by atoms with Crippen LogP contribution in [0.1, 0.15) is 6.92 Å². The lowest BCUT2D eigenvalue weighted by Crippen LogP contribution is -2.30. The van der Waals surface area contributed by atoms with E-state index in [1.165, 1.54) is 29.7 Å². The molecule has 1 heterocycles. The molecule has 0 amide bonds. The molecule has 0 saturated heterocycles. The number of nitrogens with one attached hydrogen (secondary N) is 1. The topological polar surface area (TPSA) is 79.5 Å². The molecule has 1 rings (SSSR count). The zero-order valence-electron chi connectivity index (χ0n) is 9.84. The van der Waals surface area contributed by atoms with E-state index in [-0.39, 0.29) is 17.0 Å². The first kappa shape index (κ1) is 13.9. The molecule has 0 unspecified atom stereocenters. The standard InChI is InChI=1S/C10H16N2O4S/c1-3-16-7-6-12(2)17(14,15)9-4-5-10(13)11-8-9/h4-5,8H,3,6-7H2,1-2H3,(H,11,13). The van der Waals surface area contributed by atoms with Gasteiger partial charge in [0.05, 0.1) is 11.5 Å². The summed E-state index contributed by atoms with van der Waals surface area (Å²) in [5.41, 5.74) is -0.332. The fourth-order valence-corrected chi connectivity index (χ4v) is 2.32. The molecular formula is C10H16N2O4S. The Hall–Kier alpha value is -1.18. The van der Waals surface area contributed by atoms with E-state index in [1.807, 2.05) is 6.92 Å². The predicted molar refractivity (Wildman–Crippen MR) is 63.4 cm³/mol. The summed E-state index contributed by atoms with van der Waals surface area (Å²) in [5, 5.41) is 0. The largest absolute Gasteiger partial charge is 0.380 e. The van der Waals surface area contributed by atoms with Crippen molar-refractivity contribution in [3.05, 3.63) is 28.7 Å². The zero-order chi connectivity index (χ0) is 12.9. The fraction of sp³-hybridized carbons (Fsp3) is 0.500. The molecule has 1 aromatic heterocycles. The molecule has 0 fully saturated rings. The van der Waals surface area contributed by atoms with Crippen LogP contribution in [0.5, 0.6) is 0 Å². The average molecular weight is 260 g/mol. The highest BCUT2D eigenvalue weighted by molar-refractivity contribution is 7.89. The predicted octanol–water partition coefficient (Wildman–Crippen LogP) is 0.0319. The third kappa shape index (κ3) is 3.65. The van der Waals surface area contributed by atoms with Gasteiger partial charge in [0.15, 0.2) is 0 Å².